The first-order valence-corrected chi connectivity index (χ1v) is 8.98. The van der Waals surface area contributed by atoms with Crippen LogP contribution in [0.2, 0.25) is 0 Å². The summed E-state index contributed by atoms with van der Waals surface area (Å²) >= 11 is 0. The fraction of sp³-hybridized carbons (Fsp3) is 0.182. The average molecular weight is 377 g/mol. The van der Waals surface area contributed by atoms with Gasteiger partial charge in [-0.25, -0.2) is 0 Å². The van der Waals surface area contributed by atoms with Crippen molar-refractivity contribution in [3.05, 3.63) is 83.2 Å². The van der Waals surface area contributed by atoms with E-state index in [1.807, 2.05) is 73.9 Å². The van der Waals surface area contributed by atoms with E-state index in [4.69, 9.17) is 4.74 Å². The number of hydrogen-bond acceptors (Lipinski definition) is 3. The van der Waals surface area contributed by atoms with E-state index in [0.29, 0.717) is 11.3 Å². The molecule has 1 aromatic heterocycles. The minimum atomic E-state index is -0.438. The molecule has 3 rings (SSSR count). The van der Waals surface area contributed by atoms with Crippen LogP contribution in [0, 0.1) is 20.8 Å². The van der Waals surface area contributed by atoms with Gasteiger partial charge < -0.3 is 9.30 Å². The van der Waals surface area contributed by atoms with E-state index in [9.17, 15) is 9.59 Å². The van der Waals surface area contributed by atoms with Crippen molar-refractivity contribution in [3.8, 4) is 11.4 Å². The molecule has 2 N–H and O–H groups in total. The Balaban J connectivity index is 1.60. The summed E-state index contributed by atoms with van der Waals surface area (Å²) in [7, 11) is 0. The molecule has 2 aromatic carbocycles. The van der Waals surface area contributed by atoms with Crippen LogP contribution in [-0.4, -0.2) is 23.0 Å². The molecule has 0 fully saturated rings. The maximum absolute atomic E-state index is 12.5. The van der Waals surface area contributed by atoms with Gasteiger partial charge in [0.15, 0.2) is 6.61 Å². The fourth-order valence-electron chi connectivity index (χ4n) is 3.05. The van der Waals surface area contributed by atoms with Crippen molar-refractivity contribution in [1.82, 2.24) is 15.4 Å². The lowest BCUT2D eigenvalue weighted by atomic mass is 10.2. The molecule has 0 aliphatic heterocycles. The minimum absolute atomic E-state index is 0.188. The van der Waals surface area contributed by atoms with E-state index in [2.05, 4.69) is 10.9 Å². The van der Waals surface area contributed by atoms with Gasteiger partial charge in [-0.05, 0) is 56.7 Å². The second kappa shape index (κ2) is 8.43. The molecule has 6 heteroatoms. The van der Waals surface area contributed by atoms with Crippen LogP contribution in [0.15, 0.2) is 60.7 Å². The van der Waals surface area contributed by atoms with Gasteiger partial charge in [0.25, 0.3) is 11.8 Å². The van der Waals surface area contributed by atoms with Crippen molar-refractivity contribution >= 4 is 11.8 Å². The van der Waals surface area contributed by atoms with Gasteiger partial charge in [-0.1, -0.05) is 30.3 Å². The Labute approximate surface area is 164 Å². The Hall–Kier alpha value is -3.54. The van der Waals surface area contributed by atoms with Crippen LogP contribution in [0.25, 0.3) is 5.69 Å². The maximum Gasteiger partial charge on any atom is 0.276 e. The molecule has 28 heavy (non-hydrogen) atoms. The highest BCUT2D eigenvalue weighted by Crippen LogP contribution is 2.20. The zero-order valence-corrected chi connectivity index (χ0v) is 16.2. The lowest BCUT2D eigenvalue weighted by molar-refractivity contribution is -0.123. The number of rotatable bonds is 5. The summed E-state index contributed by atoms with van der Waals surface area (Å²) in [4.78, 5) is 24.5. The zero-order valence-electron chi connectivity index (χ0n) is 16.2. The van der Waals surface area contributed by atoms with Crippen LogP contribution < -0.4 is 15.6 Å². The molecule has 0 saturated heterocycles. The lowest BCUT2D eigenvalue weighted by Gasteiger charge is -2.11. The highest BCUT2D eigenvalue weighted by Gasteiger charge is 2.17. The smallest absolute Gasteiger partial charge is 0.276 e. The molecule has 0 atom stereocenters. The molecular formula is C22H23N3O3. The van der Waals surface area contributed by atoms with Gasteiger partial charge in [-0.15, -0.1) is 0 Å². The number of benzene rings is 2. The molecule has 2 amide bonds. The maximum atomic E-state index is 12.5. The van der Waals surface area contributed by atoms with Crippen LogP contribution in [0.3, 0.4) is 0 Å². The number of amides is 2. The molecule has 0 spiro atoms. The Morgan fingerprint density at radius 1 is 0.929 bits per heavy atom. The second-order valence-electron chi connectivity index (χ2n) is 6.56. The van der Waals surface area contributed by atoms with E-state index >= 15 is 0 Å². The highest BCUT2D eigenvalue weighted by atomic mass is 16.5. The predicted octanol–water partition coefficient (Wildman–Crippen LogP) is 3.24. The summed E-state index contributed by atoms with van der Waals surface area (Å²) in [6, 6.07) is 19.0. The fourth-order valence-corrected chi connectivity index (χ4v) is 3.05. The number of carbonyl (C=O) groups is 2. The van der Waals surface area contributed by atoms with Crippen molar-refractivity contribution in [2.45, 2.75) is 20.8 Å². The SMILES string of the molecule is Cc1cccc(OCC(=O)NNC(=O)c2cc(C)n(-c3ccccc3)c2C)c1. The van der Waals surface area contributed by atoms with Gasteiger partial charge in [0.1, 0.15) is 5.75 Å². The number of carbonyl (C=O) groups excluding carboxylic acids is 2. The number of nitrogens with zero attached hydrogens (tertiary/aromatic N) is 1. The molecule has 0 aliphatic rings. The van der Waals surface area contributed by atoms with Gasteiger partial charge in [0.2, 0.25) is 0 Å². The quantitative estimate of drug-likeness (QED) is 0.671. The van der Waals surface area contributed by atoms with E-state index < -0.39 is 5.91 Å². The number of ether oxygens (including phenoxy) is 1. The third-order valence-electron chi connectivity index (χ3n) is 4.37. The van der Waals surface area contributed by atoms with E-state index in [1.54, 1.807) is 12.1 Å². The topological polar surface area (TPSA) is 72.4 Å². The zero-order chi connectivity index (χ0) is 20.1. The average Bonchev–Trinajstić information content (AvgIpc) is 2.99. The highest BCUT2D eigenvalue weighted by molar-refractivity contribution is 5.97. The second-order valence-corrected chi connectivity index (χ2v) is 6.56. The first-order valence-electron chi connectivity index (χ1n) is 8.98. The number of aryl methyl sites for hydroxylation is 2. The van der Waals surface area contributed by atoms with E-state index in [1.165, 1.54) is 0 Å². The first-order chi connectivity index (χ1) is 13.5. The Bertz CT molecular complexity index is 994. The standard InChI is InChI=1S/C22H23N3O3/c1-15-8-7-11-19(12-15)28-14-21(26)23-24-22(27)20-13-16(2)25(17(20)3)18-9-5-4-6-10-18/h4-13H,14H2,1-3H3,(H,23,26)(H,24,27). The van der Waals surface area contributed by atoms with Crippen LogP contribution in [0.4, 0.5) is 0 Å². The van der Waals surface area contributed by atoms with Crippen LogP contribution >= 0.6 is 0 Å². The predicted molar refractivity (Wildman–Crippen MR) is 108 cm³/mol. The van der Waals surface area contributed by atoms with Gasteiger partial charge in [0.05, 0.1) is 5.56 Å². The molecule has 3 aromatic rings. The summed E-state index contributed by atoms with van der Waals surface area (Å²) < 4.78 is 7.42. The summed E-state index contributed by atoms with van der Waals surface area (Å²) in [5.74, 6) is -0.209. The molecule has 144 valence electrons. The molecule has 0 bridgehead atoms. The van der Waals surface area contributed by atoms with Gasteiger partial charge >= 0.3 is 0 Å². The Morgan fingerprint density at radius 2 is 1.68 bits per heavy atom. The molecular weight excluding hydrogens is 354 g/mol. The van der Waals surface area contributed by atoms with E-state index in [-0.39, 0.29) is 12.5 Å². The summed E-state index contributed by atoms with van der Waals surface area (Å²) in [6.07, 6.45) is 0. The molecule has 1 heterocycles. The van der Waals surface area contributed by atoms with Crippen LogP contribution in [0.5, 0.6) is 5.75 Å². The van der Waals surface area contributed by atoms with Gasteiger partial charge in [0, 0.05) is 17.1 Å². The summed E-state index contributed by atoms with van der Waals surface area (Å²) in [6.45, 7) is 5.56. The van der Waals surface area contributed by atoms with Crippen LogP contribution in [0.1, 0.15) is 27.3 Å². The number of para-hydroxylation sites is 1. The first kappa shape index (κ1) is 19.2. The molecule has 0 unspecified atom stereocenters. The third kappa shape index (κ3) is 4.40. The van der Waals surface area contributed by atoms with Crippen molar-refractivity contribution < 1.29 is 14.3 Å². The van der Waals surface area contributed by atoms with Gasteiger partial charge in [-0.2, -0.15) is 0 Å². The Morgan fingerprint density at radius 3 is 2.39 bits per heavy atom. The van der Waals surface area contributed by atoms with Gasteiger partial charge in [-0.3, -0.25) is 20.4 Å². The van der Waals surface area contributed by atoms with Crippen molar-refractivity contribution in [1.29, 1.82) is 0 Å². The summed E-state index contributed by atoms with van der Waals surface area (Å²) in [5, 5.41) is 0. The lowest BCUT2D eigenvalue weighted by Crippen LogP contribution is -2.44. The largest absolute Gasteiger partial charge is 0.484 e. The van der Waals surface area contributed by atoms with Crippen molar-refractivity contribution in [2.75, 3.05) is 6.61 Å². The van der Waals surface area contributed by atoms with Crippen molar-refractivity contribution in [3.63, 3.8) is 0 Å². The number of nitrogens with one attached hydrogen (secondary N) is 2. The molecule has 0 radical (unpaired) electrons. The van der Waals surface area contributed by atoms with Crippen molar-refractivity contribution in [2.24, 2.45) is 0 Å². The van der Waals surface area contributed by atoms with Crippen LogP contribution in [-0.2, 0) is 4.79 Å². The third-order valence-corrected chi connectivity index (χ3v) is 4.37. The number of aromatic nitrogens is 1. The number of hydrogen-bond donors (Lipinski definition) is 2. The minimum Gasteiger partial charge on any atom is -0.484 e. The normalized spacial score (nSPS) is 10.4. The molecule has 0 aliphatic carbocycles. The molecule has 0 saturated carbocycles. The Kier molecular flexibility index (Phi) is 5.79. The monoisotopic (exact) mass is 377 g/mol. The summed E-state index contributed by atoms with van der Waals surface area (Å²) in [5.41, 5.74) is 9.09. The van der Waals surface area contributed by atoms with E-state index in [0.717, 1.165) is 22.6 Å². The number of hydrazine groups is 1. The molecule has 6 nitrogen and oxygen atoms in total.